The predicted octanol–water partition coefficient (Wildman–Crippen LogP) is 3.94. The van der Waals surface area contributed by atoms with E-state index in [9.17, 15) is 19.2 Å². The van der Waals surface area contributed by atoms with Crippen LogP contribution in [0.25, 0.3) is 0 Å². The van der Waals surface area contributed by atoms with Gasteiger partial charge >= 0.3 is 6.03 Å². The van der Waals surface area contributed by atoms with Crippen molar-refractivity contribution in [3.05, 3.63) is 41.5 Å². The second kappa shape index (κ2) is 8.11. The second-order valence-corrected chi connectivity index (χ2v) is 11.7. The molecule has 2 aliphatic heterocycles. The molecule has 0 spiro atoms. The van der Waals surface area contributed by atoms with Crippen LogP contribution in [0, 0.1) is 36.0 Å². The SMILES string of the molecule is CC1=NN(c2ccc(C)cc2)C(=O)/C1=C\C1C(=O)NC(=O)N(C(C)C23CC4CC(CC(C4)C2)C3)C1=O. The molecule has 6 aliphatic rings. The maximum atomic E-state index is 13.7. The summed E-state index contributed by atoms with van der Waals surface area (Å²) in [7, 11) is 0. The number of carbonyl (C=O) groups excluding carboxylic acids is 4. The number of carbonyl (C=O) groups is 4. The molecular formula is C28H32N4O4. The molecule has 5 fully saturated rings. The number of nitrogens with one attached hydrogen (secondary N) is 1. The van der Waals surface area contributed by atoms with E-state index in [1.54, 1.807) is 19.1 Å². The molecule has 4 aliphatic carbocycles. The van der Waals surface area contributed by atoms with Crippen LogP contribution in [0.1, 0.15) is 57.9 Å². The first-order valence-corrected chi connectivity index (χ1v) is 13.0. The van der Waals surface area contributed by atoms with Crippen LogP contribution in [-0.4, -0.2) is 40.4 Å². The van der Waals surface area contributed by atoms with Crippen molar-refractivity contribution in [3.8, 4) is 0 Å². The van der Waals surface area contributed by atoms with E-state index in [0.29, 0.717) is 29.2 Å². The molecule has 2 heterocycles. The predicted molar refractivity (Wildman–Crippen MR) is 134 cm³/mol. The third-order valence-corrected chi connectivity index (χ3v) is 9.27. The highest BCUT2D eigenvalue weighted by atomic mass is 16.2. The van der Waals surface area contributed by atoms with Crippen molar-refractivity contribution in [1.82, 2.24) is 10.2 Å². The van der Waals surface area contributed by atoms with E-state index >= 15 is 0 Å². The van der Waals surface area contributed by atoms with Crippen molar-refractivity contribution in [2.75, 3.05) is 5.01 Å². The number of hydrazone groups is 1. The first kappa shape index (κ1) is 23.1. The van der Waals surface area contributed by atoms with Crippen molar-refractivity contribution in [2.45, 2.75) is 65.3 Å². The van der Waals surface area contributed by atoms with E-state index in [1.807, 2.05) is 26.0 Å². The molecule has 4 bridgehead atoms. The van der Waals surface area contributed by atoms with Crippen LogP contribution in [0.5, 0.6) is 0 Å². The van der Waals surface area contributed by atoms with E-state index in [-0.39, 0.29) is 17.0 Å². The smallest absolute Gasteiger partial charge is 0.277 e. The van der Waals surface area contributed by atoms with Gasteiger partial charge in [0.2, 0.25) is 11.8 Å². The summed E-state index contributed by atoms with van der Waals surface area (Å²) in [6, 6.07) is 6.45. The number of rotatable bonds is 4. The Balaban J connectivity index is 1.28. The number of nitrogens with zero attached hydrogens (tertiary/aromatic N) is 3. The van der Waals surface area contributed by atoms with Gasteiger partial charge in [-0.15, -0.1) is 0 Å². The fourth-order valence-corrected chi connectivity index (χ4v) is 7.82. The Hall–Kier alpha value is -3.29. The minimum absolute atomic E-state index is 0.0807. The molecule has 8 nitrogen and oxygen atoms in total. The summed E-state index contributed by atoms with van der Waals surface area (Å²) in [5, 5.41) is 8.05. The van der Waals surface area contributed by atoms with Gasteiger partial charge < -0.3 is 0 Å². The van der Waals surface area contributed by atoms with E-state index in [1.165, 1.54) is 35.2 Å². The molecule has 8 heteroatoms. The van der Waals surface area contributed by atoms with Gasteiger partial charge in [0.05, 0.1) is 17.0 Å². The topological polar surface area (TPSA) is 99.2 Å². The monoisotopic (exact) mass is 488 g/mol. The molecule has 0 aromatic heterocycles. The number of hydrogen-bond acceptors (Lipinski definition) is 5. The fraction of sp³-hybridized carbons (Fsp3) is 0.536. The molecule has 1 saturated heterocycles. The minimum Gasteiger partial charge on any atom is -0.277 e. The largest absolute Gasteiger partial charge is 0.331 e. The van der Waals surface area contributed by atoms with Crippen molar-refractivity contribution in [1.29, 1.82) is 0 Å². The number of hydrogen-bond donors (Lipinski definition) is 1. The second-order valence-electron chi connectivity index (χ2n) is 11.7. The van der Waals surface area contributed by atoms with Gasteiger partial charge in [-0.25, -0.2) is 4.79 Å². The molecule has 36 heavy (non-hydrogen) atoms. The molecule has 1 aromatic rings. The van der Waals surface area contributed by atoms with Crippen molar-refractivity contribution in [3.63, 3.8) is 0 Å². The van der Waals surface area contributed by atoms with Gasteiger partial charge in [0.1, 0.15) is 5.92 Å². The van der Waals surface area contributed by atoms with E-state index in [2.05, 4.69) is 10.4 Å². The van der Waals surface area contributed by atoms with E-state index in [4.69, 9.17) is 0 Å². The Kier molecular flexibility index (Phi) is 5.21. The standard InChI is InChI=1S/C28H32N4O4/c1-15-4-6-21(7-5-15)32-26(35)22(16(2)30-32)11-23-24(33)29-27(36)31(25(23)34)17(3)28-12-18-8-19(13-28)10-20(9-18)14-28/h4-7,11,17-20,23H,8-10,12-14H2,1-3H3,(H,29,33,36)/b22-11-. The van der Waals surface area contributed by atoms with Crippen LogP contribution in [0.2, 0.25) is 0 Å². The summed E-state index contributed by atoms with van der Waals surface area (Å²) in [4.78, 5) is 54.0. The van der Waals surface area contributed by atoms with Gasteiger partial charge in [0, 0.05) is 6.04 Å². The zero-order chi connectivity index (χ0) is 25.4. The molecule has 4 saturated carbocycles. The van der Waals surface area contributed by atoms with Gasteiger partial charge in [0.15, 0.2) is 0 Å². The number of amides is 5. The minimum atomic E-state index is -1.25. The molecule has 1 aromatic carbocycles. The molecule has 2 unspecified atom stereocenters. The Morgan fingerprint density at radius 2 is 1.56 bits per heavy atom. The maximum Gasteiger partial charge on any atom is 0.331 e. The Labute approximate surface area is 210 Å². The number of imide groups is 2. The number of aryl methyl sites for hydroxylation is 1. The summed E-state index contributed by atoms with van der Waals surface area (Å²) >= 11 is 0. The van der Waals surface area contributed by atoms with Gasteiger partial charge in [-0.05, 0) is 101 Å². The van der Waals surface area contributed by atoms with Crippen molar-refractivity contribution >= 4 is 35.2 Å². The third kappa shape index (κ3) is 3.52. The molecular weight excluding hydrogens is 456 g/mol. The lowest BCUT2D eigenvalue weighted by Gasteiger charge is -2.60. The highest BCUT2D eigenvalue weighted by Crippen LogP contribution is 2.62. The lowest BCUT2D eigenvalue weighted by Crippen LogP contribution is -2.65. The van der Waals surface area contributed by atoms with Crippen LogP contribution in [0.15, 0.2) is 41.0 Å². The molecule has 188 valence electrons. The maximum absolute atomic E-state index is 13.7. The van der Waals surface area contributed by atoms with Gasteiger partial charge in [-0.3, -0.25) is 24.6 Å². The van der Waals surface area contributed by atoms with Crippen LogP contribution in [0.3, 0.4) is 0 Å². The van der Waals surface area contributed by atoms with E-state index in [0.717, 1.165) is 24.8 Å². The number of anilines is 1. The Bertz CT molecular complexity index is 1200. The summed E-state index contributed by atoms with van der Waals surface area (Å²) in [6.45, 7) is 5.61. The van der Waals surface area contributed by atoms with Crippen LogP contribution >= 0.6 is 0 Å². The van der Waals surface area contributed by atoms with Gasteiger partial charge in [-0.1, -0.05) is 17.7 Å². The van der Waals surface area contributed by atoms with Crippen LogP contribution < -0.4 is 10.3 Å². The van der Waals surface area contributed by atoms with Crippen molar-refractivity contribution < 1.29 is 19.2 Å². The zero-order valence-corrected chi connectivity index (χ0v) is 21.0. The number of benzene rings is 1. The summed E-state index contributed by atoms with van der Waals surface area (Å²) in [5.74, 6) is -0.873. The number of urea groups is 1. The molecule has 7 rings (SSSR count). The molecule has 2 atom stereocenters. The summed E-state index contributed by atoms with van der Waals surface area (Å²) in [6.07, 6.45) is 8.28. The molecule has 0 radical (unpaired) electrons. The quantitative estimate of drug-likeness (QED) is 0.513. The van der Waals surface area contributed by atoms with E-state index < -0.39 is 29.7 Å². The lowest BCUT2D eigenvalue weighted by molar-refractivity contribution is -0.148. The summed E-state index contributed by atoms with van der Waals surface area (Å²) in [5.41, 5.74) is 2.23. The Morgan fingerprint density at radius 3 is 2.14 bits per heavy atom. The lowest BCUT2D eigenvalue weighted by atomic mass is 9.47. The highest BCUT2D eigenvalue weighted by Gasteiger charge is 2.57. The molecule has 1 N–H and O–H groups in total. The fourth-order valence-electron chi connectivity index (χ4n) is 7.82. The Morgan fingerprint density at radius 1 is 0.972 bits per heavy atom. The first-order valence-electron chi connectivity index (χ1n) is 13.0. The average molecular weight is 489 g/mol. The molecule has 5 amide bonds. The van der Waals surface area contributed by atoms with Gasteiger partial charge in [-0.2, -0.15) is 10.1 Å². The average Bonchev–Trinajstić information content (AvgIpc) is 3.09. The normalized spacial score (nSPS) is 35.5. The summed E-state index contributed by atoms with van der Waals surface area (Å²) < 4.78 is 0. The highest BCUT2D eigenvalue weighted by molar-refractivity contribution is 6.30. The third-order valence-electron chi connectivity index (χ3n) is 9.27. The first-order chi connectivity index (χ1) is 17.1. The number of barbiturate groups is 1. The van der Waals surface area contributed by atoms with Crippen LogP contribution in [0.4, 0.5) is 10.5 Å². The zero-order valence-electron chi connectivity index (χ0n) is 21.0. The van der Waals surface area contributed by atoms with Crippen LogP contribution in [-0.2, 0) is 14.4 Å². The van der Waals surface area contributed by atoms with Crippen molar-refractivity contribution in [2.24, 2.45) is 34.2 Å². The van der Waals surface area contributed by atoms with Gasteiger partial charge in [0.25, 0.3) is 5.91 Å².